The topological polar surface area (TPSA) is 117 Å². The van der Waals surface area contributed by atoms with Crippen molar-refractivity contribution >= 4 is 35.2 Å². The van der Waals surface area contributed by atoms with Crippen molar-refractivity contribution in [2.75, 3.05) is 31.8 Å². The lowest BCUT2D eigenvalue weighted by molar-refractivity contribution is -0.274. The van der Waals surface area contributed by atoms with Crippen molar-refractivity contribution in [1.29, 1.82) is 0 Å². The van der Waals surface area contributed by atoms with Crippen LogP contribution in [0.1, 0.15) is 25.7 Å². The van der Waals surface area contributed by atoms with Gasteiger partial charge in [0, 0.05) is 30.2 Å². The molecule has 1 fully saturated rings. The number of halogens is 3. The number of carbonyl (C=O) groups excluding carboxylic acids is 2. The van der Waals surface area contributed by atoms with Gasteiger partial charge in [0.25, 0.3) is 0 Å². The van der Waals surface area contributed by atoms with E-state index in [1.54, 1.807) is 30.9 Å². The van der Waals surface area contributed by atoms with E-state index < -0.39 is 23.8 Å². The van der Waals surface area contributed by atoms with Crippen molar-refractivity contribution in [2.24, 2.45) is 5.73 Å². The number of anilines is 1. The Bertz CT molecular complexity index is 1120. The molecule has 8 nitrogen and oxygen atoms in total. The number of alkyl halides is 3. The molecule has 37 heavy (non-hydrogen) atoms. The van der Waals surface area contributed by atoms with Crippen LogP contribution in [-0.4, -0.2) is 49.8 Å². The second kappa shape index (κ2) is 12.2. The molecule has 0 saturated carbocycles. The van der Waals surface area contributed by atoms with E-state index in [0.717, 1.165) is 28.4 Å². The highest BCUT2D eigenvalue weighted by Crippen LogP contribution is 2.70. The molecule has 0 aromatic heterocycles. The minimum atomic E-state index is -4.78. The van der Waals surface area contributed by atoms with E-state index in [0.29, 0.717) is 43.9 Å². The van der Waals surface area contributed by atoms with E-state index in [-0.39, 0.29) is 24.7 Å². The molecular weight excluding hydrogens is 532 g/mol. The first-order chi connectivity index (χ1) is 17.4. The maximum Gasteiger partial charge on any atom is 0.573 e. The predicted molar refractivity (Wildman–Crippen MR) is 134 cm³/mol. The van der Waals surface area contributed by atoms with Crippen LogP contribution in [0.2, 0.25) is 0 Å². The predicted octanol–water partition coefficient (Wildman–Crippen LogP) is 5.42. The van der Waals surface area contributed by atoms with E-state index in [4.69, 9.17) is 15.2 Å². The summed E-state index contributed by atoms with van der Waals surface area (Å²) in [6.07, 6.45) is -6.62. The number of amides is 2. The van der Waals surface area contributed by atoms with Gasteiger partial charge in [-0.3, -0.25) is 9.59 Å². The van der Waals surface area contributed by atoms with Crippen molar-refractivity contribution in [3.8, 4) is 11.5 Å². The first kappa shape index (κ1) is 28.9. The zero-order valence-corrected chi connectivity index (χ0v) is 21.8. The molecule has 2 aromatic carbocycles. The summed E-state index contributed by atoms with van der Waals surface area (Å²) in [5.74, 6) is -0.687. The fraction of sp³-hybridized carbons (Fsp3) is 0.417. The number of nitrogens with one attached hydrogen (secondary N) is 1. The highest BCUT2D eigenvalue weighted by molar-refractivity contribution is 8.58. The van der Waals surface area contributed by atoms with E-state index in [1.807, 2.05) is 0 Å². The third-order valence-corrected chi connectivity index (χ3v) is 11.6. The molecule has 1 aliphatic rings. The van der Waals surface area contributed by atoms with Crippen molar-refractivity contribution < 1.29 is 41.5 Å². The van der Waals surface area contributed by atoms with E-state index in [2.05, 4.69) is 10.1 Å². The van der Waals surface area contributed by atoms with Crippen LogP contribution < -0.4 is 20.5 Å². The Kier molecular flexibility index (Phi) is 9.55. The van der Waals surface area contributed by atoms with Gasteiger partial charge in [0.2, 0.25) is 11.8 Å². The average molecular weight is 561 g/mol. The maximum absolute atomic E-state index is 13.6. The van der Waals surface area contributed by atoms with Gasteiger partial charge in [0.1, 0.15) is 16.7 Å². The molecule has 0 spiro atoms. The molecule has 2 amide bonds. The molecule has 2 aromatic rings. The monoisotopic (exact) mass is 560 g/mol. The molecule has 0 aliphatic carbocycles. The average Bonchev–Trinajstić information content (AvgIpc) is 2.83. The summed E-state index contributed by atoms with van der Waals surface area (Å²) in [5, 5.41) is 1.50. The van der Waals surface area contributed by atoms with Gasteiger partial charge in [-0.2, -0.15) is 0 Å². The van der Waals surface area contributed by atoms with Crippen LogP contribution in [0.5, 0.6) is 11.5 Å². The summed E-state index contributed by atoms with van der Waals surface area (Å²) >= 11 is 1.15. The number of hydrogen-bond donors (Lipinski definition) is 2. The molecule has 0 radical (unpaired) electrons. The summed E-state index contributed by atoms with van der Waals surface area (Å²) in [7, 11) is 0. The van der Waals surface area contributed by atoms with Gasteiger partial charge in [-0.25, -0.2) is 0 Å². The summed E-state index contributed by atoms with van der Waals surface area (Å²) in [5.41, 5.74) is 6.00. The van der Waals surface area contributed by atoms with Crippen molar-refractivity contribution in [3.63, 3.8) is 0 Å². The Morgan fingerprint density at radius 3 is 2.24 bits per heavy atom. The molecule has 1 atom stereocenters. The fourth-order valence-electron chi connectivity index (χ4n) is 3.83. The maximum atomic E-state index is 13.6. The van der Waals surface area contributed by atoms with E-state index >= 15 is 0 Å². The van der Waals surface area contributed by atoms with Crippen LogP contribution in [0, 0.1) is 0 Å². The van der Waals surface area contributed by atoms with Crippen molar-refractivity contribution in [2.45, 2.75) is 42.1 Å². The van der Waals surface area contributed by atoms with Crippen molar-refractivity contribution in [3.05, 3.63) is 48.5 Å². The zero-order valence-electron chi connectivity index (χ0n) is 20.1. The summed E-state index contributed by atoms with van der Waals surface area (Å²) in [6.45, 7) is 2.54. The first-order valence-corrected chi connectivity index (χ1v) is 15.0. The Morgan fingerprint density at radius 2 is 1.68 bits per heavy atom. The Labute approximate surface area is 216 Å². The summed E-state index contributed by atoms with van der Waals surface area (Å²) in [6, 6.07) is 11.8. The number of ether oxygens (including phenoxy) is 3. The van der Waals surface area contributed by atoms with Crippen LogP contribution in [0.4, 0.5) is 18.9 Å². The Morgan fingerprint density at radius 1 is 1.08 bits per heavy atom. The van der Waals surface area contributed by atoms with Crippen LogP contribution >= 0.6 is 17.7 Å². The lowest BCUT2D eigenvalue weighted by Gasteiger charge is -2.38. The fourth-order valence-corrected chi connectivity index (χ4v) is 8.98. The molecule has 3 rings (SSSR count). The minimum Gasteiger partial charge on any atom is -0.494 e. The number of carbonyl (C=O) groups is 2. The Hall–Kier alpha value is -2.69. The lowest BCUT2D eigenvalue weighted by atomic mass is 9.98. The third-order valence-electron chi connectivity index (χ3n) is 5.85. The summed E-state index contributed by atoms with van der Waals surface area (Å²) < 4.78 is 64.9. The van der Waals surface area contributed by atoms with Gasteiger partial charge >= 0.3 is 6.36 Å². The minimum absolute atomic E-state index is 0.146. The van der Waals surface area contributed by atoms with Crippen molar-refractivity contribution in [1.82, 2.24) is 0 Å². The number of rotatable bonds is 11. The first-order valence-electron chi connectivity index (χ1n) is 11.4. The van der Waals surface area contributed by atoms with Gasteiger partial charge in [-0.1, -0.05) is 11.4 Å². The van der Waals surface area contributed by atoms with Crippen LogP contribution in [0.15, 0.2) is 53.4 Å². The molecule has 202 valence electrons. The molecular formula is C24H28F3N2O6PS. The third kappa shape index (κ3) is 8.15. The van der Waals surface area contributed by atoms with Gasteiger partial charge in [-0.15, -0.1) is 13.2 Å². The van der Waals surface area contributed by atoms with Gasteiger partial charge in [0.05, 0.1) is 6.61 Å². The molecule has 3 N–H and O–H groups in total. The molecule has 1 unspecified atom stereocenters. The number of nitrogens with two attached hydrogens (primary N) is 1. The SMILES string of the molecule is CP(=O)(Sc1ccc(OCCCC(=O)Nc2ccc(OC(F)(F)F)cc2)cc1)C1(C(N)=O)CCOCC1. The molecule has 0 bridgehead atoms. The highest BCUT2D eigenvalue weighted by Gasteiger charge is 2.51. The zero-order chi connectivity index (χ0) is 27.1. The number of primary amides is 1. The second-order valence-electron chi connectivity index (χ2n) is 8.49. The highest BCUT2D eigenvalue weighted by atomic mass is 32.7. The number of hydrogen-bond acceptors (Lipinski definition) is 7. The van der Waals surface area contributed by atoms with Crippen LogP contribution in [-0.2, 0) is 18.9 Å². The summed E-state index contributed by atoms with van der Waals surface area (Å²) in [4.78, 5) is 25.0. The quantitative estimate of drug-likeness (QED) is 0.279. The van der Waals surface area contributed by atoms with Gasteiger partial charge in [0.15, 0.2) is 6.34 Å². The molecule has 1 heterocycles. The normalized spacial score (nSPS) is 16.9. The standard InChI is InChI=1S/C24H28F3N2O6PS/c1-36(32,23(22(28)31)12-15-33-16-13-23)37-20-10-8-18(9-11-20)34-14-2-3-21(30)29-17-4-6-19(7-5-17)35-24(25,26)27/h4-11H,2-3,12-16H2,1H3,(H2,28,31)(H,29,30). The van der Waals surface area contributed by atoms with Crippen LogP contribution in [0.3, 0.4) is 0 Å². The number of benzene rings is 2. The smallest absolute Gasteiger partial charge is 0.494 e. The van der Waals surface area contributed by atoms with E-state index in [9.17, 15) is 27.3 Å². The molecule has 1 saturated heterocycles. The van der Waals surface area contributed by atoms with E-state index in [1.165, 1.54) is 12.1 Å². The second-order valence-corrected chi connectivity index (χ2v) is 14.3. The van der Waals surface area contributed by atoms with Gasteiger partial charge in [-0.05, 0) is 74.5 Å². The molecule has 13 heteroatoms. The Balaban J connectivity index is 1.43. The largest absolute Gasteiger partial charge is 0.573 e. The lowest BCUT2D eigenvalue weighted by Crippen LogP contribution is -2.47. The van der Waals surface area contributed by atoms with Crippen LogP contribution in [0.25, 0.3) is 0 Å². The molecule has 1 aliphatic heterocycles. The van der Waals surface area contributed by atoms with Gasteiger partial charge < -0.3 is 29.8 Å².